The molecule has 10 nitrogen and oxygen atoms in total. The van der Waals surface area contributed by atoms with Gasteiger partial charge < -0.3 is 40.4 Å². The zero-order valence-corrected chi connectivity index (χ0v) is 28.3. The largest absolute Gasteiger partial charge is 0.494 e. The Bertz CT molecular complexity index is 2050. The molecule has 10 heteroatoms. The molecule has 0 amide bonds. The molecule has 4 aromatic rings. The molecular formula is C37H44N4O6. The Hall–Kier alpha value is -5.30. The van der Waals surface area contributed by atoms with Crippen molar-refractivity contribution in [1.29, 1.82) is 0 Å². The van der Waals surface area contributed by atoms with Gasteiger partial charge in [-0.25, -0.2) is 0 Å². The zero-order valence-electron chi connectivity index (χ0n) is 28.3. The van der Waals surface area contributed by atoms with Gasteiger partial charge in [-0.2, -0.15) is 0 Å². The van der Waals surface area contributed by atoms with Gasteiger partial charge in [0.25, 0.3) is 0 Å². The van der Waals surface area contributed by atoms with Crippen LogP contribution in [-0.4, -0.2) is 52.3 Å². The second kappa shape index (κ2) is 12.5. The average molecular weight is 641 g/mol. The van der Waals surface area contributed by atoms with Crippen LogP contribution in [0.3, 0.4) is 0 Å². The van der Waals surface area contributed by atoms with Crippen LogP contribution in [0.15, 0.2) is 13.2 Å². The zero-order chi connectivity index (χ0) is 35.2. The minimum Gasteiger partial charge on any atom is -0.494 e. The van der Waals surface area contributed by atoms with Crippen LogP contribution in [0.2, 0.25) is 0 Å². The average Bonchev–Trinajstić information content (AvgIpc) is 3.62. The van der Waals surface area contributed by atoms with Gasteiger partial charge in [-0.05, 0) is 103 Å². The number of carboxylic acids is 2. The van der Waals surface area contributed by atoms with Crippen LogP contribution in [0.5, 0.6) is 11.8 Å². The van der Waals surface area contributed by atoms with E-state index >= 15 is 0 Å². The fraction of sp³-hybridized carbons (Fsp3) is 0.351. The molecule has 0 radical (unpaired) electrons. The summed E-state index contributed by atoms with van der Waals surface area (Å²) in [6.07, 6.45) is 4.48. The highest BCUT2D eigenvalue weighted by Gasteiger charge is 2.33. The Kier molecular flexibility index (Phi) is 9.18. The Morgan fingerprint density at radius 3 is 1.30 bits per heavy atom. The van der Waals surface area contributed by atoms with E-state index in [2.05, 4.69) is 44.6 Å². The highest BCUT2D eigenvalue weighted by atomic mass is 16.4. The molecule has 0 aliphatic rings. The van der Waals surface area contributed by atoms with Gasteiger partial charge in [0, 0.05) is 50.8 Å². The maximum absolute atomic E-state index is 12.2. The van der Waals surface area contributed by atoms with Gasteiger partial charge in [-0.1, -0.05) is 13.2 Å². The van der Waals surface area contributed by atoms with Gasteiger partial charge in [0.2, 0.25) is 0 Å². The Morgan fingerprint density at radius 2 is 1.00 bits per heavy atom. The van der Waals surface area contributed by atoms with Crippen LogP contribution in [0.1, 0.15) is 83.9 Å². The van der Waals surface area contributed by atoms with Gasteiger partial charge in [0.05, 0.1) is 21.5 Å². The van der Waals surface area contributed by atoms with Gasteiger partial charge in [-0.3, -0.25) is 9.59 Å². The smallest absolute Gasteiger partial charge is 0.309 e. The maximum atomic E-state index is 12.2. The summed E-state index contributed by atoms with van der Waals surface area (Å²) in [6.45, 7) is 21.6. The lowest BCUT2D eigenvalue weighted by atomic mass is 9.82. The summed E-state index contributed by atoms with van der Waals surface area (Å²) in [7, 11) is 0. The monoisotopic (exact) mass is 640 g/mol. The fourth-order valence-corrected chi connectivity index (χ4v) is 5.89. The molecular weight excluding hydrogens is 596 g/mol. The minimum atomic E-state index is -1.08. The summed E-state index contributed by atoms with van der Waals surface area (Å²) in [5.74, 6) is -1.84. The quantitative estimate of drug-likeness (QED) is 0.132. The number of carbonyl (C=O) groups is 2. The number of aliphatic carboxylic acids is 2. The minimum absolute atomic E-state index is 0.0122. The molecule has 0 bridgehead atoms. The first-order chi connectivity index (χ1) is 21.8. The van der Waals surface area contributed by atoms with E-state index in [1.807, 2.05) is 26.0 Å². The molecule has 0 atom stereocenters. The van der Waals surface area contributed by atoms with Crippen molar-refractivity contribution < 1.29 is 30.0 Å². The highest BCUT2D eigenvalue weighted by Crippen LogP contribution is 2.33. The van der Waals surface area contributed by atoms with E-state index in [1.54, 1.807) is 41.5 Å². The number of nitrogens with one attached hydrogen (secondary N) is 4. The molecule has 0 aliphatic carbocycles. The molecule has 0 fully saturated rings. The Balaban J connectivity index is 1.99. The number of aromatic hydroxyl groups is 2. The summed E-state index contributed by atoms with van der Waals surface area (Å²) in [5, 5.41) is 43.2. The maximum Gasteiger partial charge on any atom is 0.309 e. The van der Waals surface area contributed by atoms with E-state index in [9.17, 15) is 30.0 Å². The lowest BCUT2D eigenvalue weighted by molar-refractivity contribution is -0.147. The van der Waals surface area contributed by atoms with Crippen LogP contribution in [0.25, 0.3) is 23.6 Å². The molecule has 47 heavy (non-hydrogen) atoms. The third-order valence-corrected chi connectivity index (χ3v) is 9.20. The molecule has 4 heterocycles. The van der Waals surface area contributed by atoms with Crippen molar-refractivity contribution in [1.82, 2.24) is 19.9 Å². The fourth-order valence-electron chi connectivity index (χ4n) is 5.89. The van der Waals surface area contributed by atoms with Crippen LogP contribution in [-0.2, 0) is 28.9 Å². The number of H-pyrrole nitrogens is 4. The summed E-state index contributed by atoms with van der Waals surface area (Å²) in [5.41, 5.74) is 11.2. The molecule has 0 saturated heterocycles. The van der Waals surface area contributed by atoms with Crippen molar-refractivity contribution in [2.75, 3.05) is 0 Å². The second-order valence-electron chi connectivity index (χ2n) is 13.6. The first-order valence-electron chi connectivity index (χ1n) is 15.3. The normalized spacial score (nSPS) is 12.9. The van der Waals surface area contributed by atoms with Crippen molar-refractivity contribution in [2.45, 2.75) is 74.7 Å². The van der Waals surface area contributed by atoms with E-state index in [0.717, 1.165) is 45.0 Å². The Labute approximate surface area is 272 Å². The number of rotatable bonds is 10. The number of carboxylic acid groups (broad SMARTS) is 2. The summed E-state index contributed by atoms with van der Waals surface area (Å²) >= 11 is 0. The molecule has 0 spiro atoms. The van der Waals surface area contributed by atoms with Crippen molar-refractivity contribution in [3.8, 4) is 11.8 Å². The van der Waals surface area contributed by atoms with E-state index < -0.39 is 22.8 Å². The number of aromatic nitrogens is 4. The van der Waals surface area contributed by atoms with Gasteiger partial charge in [-0.15, -0.1) is 11.5 Å². The predicted octanol–water partition coefficient (Wildman–Crippen LogP) is 3.33. The van der Waals surface area contributed by atoms with Gasteiger partial charge in [0.15, 0.2) is 11.8 Å². The molecule has 248 valence electrons. The summed E-state index contributed by atoms with van der Waals surface area (Å²) in [4.78, 5) is 37.4. The van der Waals surface area contributed by atoms with Crippen LogP contribution in [0.4, 0.5) is 0 Å². The standard InChI is InChI=1S/C37H44N4O6/c1-11-22-20(5)32(42)40-28(22)13-26-18(3)24(16-36(7,8)34(44)45)30(38-26)15-31-25(17-37(9,10)35(46)47)19(4)27(39-31)14-29-23(12-2)21(6)33(43)41-29/h13-14,38-43H,1-2,15-17H2,3-10H3,(H,44,45)(H,46,47). The van der Waals surface area contributed by atoms with Crippen molar-refractivity contribution in [3.63, 3.8) is 0 Å². The molecule has 0 unspecified atom stereocenters. The van der Waals surface area contributed by atoms with E-state index in [4.69, 9.17) is 0 Å². The Morgan fingerprint density at radius 1 is 0.660 bits per heavy atom. The lowest BCUT2D eigenvalue weighted by Crippen LogP contribution is -2.27. The highest BCUT2D eigenvalue weighted by molar-refractivity contribution is 5.75. The molecule has 0 aliphatic heterocycles. The topological polar surface area (TPSA) is 178 Å². The number of hydrogen-bond donors (Lipinski definition) is 8. The third-order valence-electron chi connectivity index (χ3n) is 9.20. The van der Waals surface area contributed by atoms with Gasteiger partial charge in [0.1, 0.15) is 0 Å². The van der Waals surface area contributed by atoms with Crippen LogP contribution >= 0.6 is 0 Å². The molecule has 0 aromatic carbocycles. The predicted molar refractivity (Wildman–Crippen MR) is 182 cm³/mol. The summed E-state index contributed by atoms with van der Waals surface area (Å²) in [6, 6.07) is 0. The van der Waals surface area contributed by atoms with E-state index in [1.165, 1.54) is 0 Å². The lowest BCUT2D eigenvalue weighted by Gasteiger charge is -2.21. The number of hydrogen-bond acceptors (Lipinski definition) is 4. The van der Waals surface area contributed by atoms with E-state index in [-0.39, 0.29) is 24.6 Å². The molecule has 0 saturated carbocycles. The molecule has 4 rings (SSSR count). The molecule has 4 aromatic heterocycles. The SMILES string of the molecule is C=C=c1c(C)c(O)[nH]c1=Cc1[nH]c(Cc2[nH]c(C=c3[nH]c(O)c(C)c3=C=C)c(C)c2CC(C)(C)C(=O)O)c(CC(C)(C)C(=O)O)c1C. The van der Waals surface area contributed by atoms with Gasteiger partial charge >= 0.3 is 11.9 Å². The first-order valence-corrected chi connectivity index (χ1v) is 15.3. The van der Waals surface area contributed by atoms with Crippen LogP contribution < -0.4 is 21.1 Å². The number of aromatic amines is 4. The first kappa shape index (κ1) is 34.6. The van der Waals surface area contributed by atoms with Crippen molar-refractivity contribution >= 4 is 35.6 Å². The third kappa shape index (κ3) is 6.52. The summed E-state index contributed by atoms with van der Waals surface area (Å²) < 4.78 is 0. The van der Waals surface area contributed by atoms with Crippen molar-refractivity contribution in [2.24, 2.45) is 10.8 Å². The second-order valence-corrected chi connectivity index (χ2v) is 13.6. The van der Waals surface area contributed by atoms with Crippen LogP contribution in [0, 0.1) is 38.5 Å². The van der Waals surface area contributed by atoms with Crippen molar-refractivity contribution in [3.05, 3.63) is 90.4 Å². The van der Waals surface area contributed by atoms with E-state index in [0.29, 0.717) is 38.7 Å². The molecule has 8 N–H and O–H groups in total.